The molecule has 0 bridgehead atoms. The van der Waals surface area contributed by atoms with E-state index in [4.69, 9.17) is 4.74 Å². The van der Waals surface area contributed by atoms with Crippen LogP contribution in [-0.4, -0.2) is 19.6 Å². The highest BCUT2D eigenvalue weighted by Crippen LogP contribution is 2.16. The maximum Gasteiger partial charge on any atom is 0.255 e. The van der Waals surface area contributed by atoms with Crippen molar-refractivity contribution < 1.29 is 9.53 Å². The first-order valence-corrected chi connectivity index (χ1v) is 6.26. The second kappa shape index (κ2) is 7.01. The molecule has 3 heteroatoms. The zero-order valence-electron chi connectivity index (χ0n) is 11.2. The highest BCUT2D eigenvalue weighted by Gasteiger charge is 2.09. The van der Waals surface area contributed by atoms with Crippen LogP contribution in [0.3, 0.4) is 0 Å². The molecule has 2 rings (SSSR count). The van der Waals surface area contributed by atoms with E-state index in [0.717, 1.165) is 5.56 Å². The molecule has 0 aliphatic heterocycles. The maximum absolute atomic E-state index is 12.0. The van der Waals surface area contributed by atoms with E-state index in [2.05, 4.69) is 17.2 Å². The summed E-state index contributed by atoms with van der Waals surface area (Å²) in [6.45, 7) is 0.297. The zero-order valence-corrected chi connectivity index (χ0v) is 11.2. The Kier molecular flexibility index (Phi) is 4.80. The van der Waals surface area contributed by atoms with Gasteiger partial charge in [0.05, 0.1) is 19.2 Å². The van der Waals surface area contributed by atoms with Crippen molar-refractivity contribution in [3.05, 3.63) is 65.7 Å². The van der Waals surface area contributed by atoms with Crippen LogP contribution in [0.1, 0.15) is 15.9 Å². The number of hydrogen-bond donors (Lipinski definition) is 1. The summed E-state index contributed by atoms with van der Waals surface area (Å²) in [6.07, 6.45) is 0. The molecular weight excluding hydrogens is 250 g/mol. The van der Waals surface area contributed by atoms with E-state index in [1.54, 1.807) is 25.3 Å². The number of hydrogen-bond acceptors (Lipinski definition) is 2. The fourth-order valence-corrected chi connectivity index (χ4v) is 1.72. The highest BCUT2D eigenvalue weighted by molar-refractivity contribution is 5.97. The lowest BCUT2D eigenvalue weighted by Gasteiger charge is -2.06. The summed E-state index contributed by atoms with van der Waals surface area (Å²) in [5.41, 5.74) is 1.44. The number of para-hydroxylation sites is 1. The van der Waals surface area contributed by atoms with Gasteiger partial charge in [-0.15, -0.1) is 0 Å². The minimum Gasteiger partial charge on any atom is -0.496 e. The number of amides is 1. The van der Waals surface area contributed by atoms with Crippen LogP contribution in [0.5, 0.6) is 5.75 Å². The first kappa shape index (κ1) is 13.7. The summed E-state index contributed by atoms with van der Waals surface area (Å²) >= 11 is 0. The molecule has 0 fully saturated rings. The van der Waals surface area contributed by atoms with Crippen molar-refractivity contribution in [1.82, 2.24) is 5.32 Å². The normalized spacial score (nSPS) is 9.25. The fraction of sp³-hybridized carbons (Fsp3) is 0.118. The molecule has 1 N–H and O–H groups in total. The van der Waals surface area contributed by atoms with Crippen molar-refractivity contribution in [3.63, 3.8) is 0 Å². The minimum atomic E-state index is -0.190. The second-order valence-electron chi connectivity index (χ2n) is 4.05. The van der Waals surface area contributed by atoms with Gasteiger partial charge in [0.25, 0.3) is 5.91 Å². The molecule has 2 aromatic rings. The van der Waals surface area contributed by atoms with E-state index >= 15 is 0 Å². The number of carbonyl (C=O) groups excluding carboxylic acids is 1. The van der Waals surface area contributed by atoms with Gasteiger partial charge in [-0.25, -0.2) is 0 Å². The van der Waals surface area contributed by atoms with Crippen molar-refractivity contribution >= 4 is 5.91 Å². The topological polar surface area (TPSA) is 38.3 Å². The van der Waals surface area contributed by atoms with Gasteiger partial charge < -0.3 is 10.1 Å². The Morgan fingerprint density at radius 3 is 2.55 bits per heavy atom. The van der Waals surface area contributed by atoms with Crippen molar-refractivity contribution in [2.24, 2.45) is 0 Å². The van der Waals surface area contributed by atoms with Gasteiger partial charge in [0.2, 0.25) is 0 Å². The highest BCUT2D eigenvalue weighted by atomic mass is 16.5. The molecule has 20 heavy (non-hydrogen) atoms. The Hall–Kier alpha value is -2.73. The molecule has 0 aromatic heterocycles. The minimum absolute atomic E-state index is 0.190. The van der Waals surface area contributed by atoms with Crippen molar-refractivity contribution in [1.29, 1.82) is 0 Å². The summed E-state index contributed by atoms with van der Waals surface area (Å²) in [5.74, 6) is 6.27. The molecule has 0 unspecified atom stereocenters. The lowest BCUT2D eigenvalue weighted by atomic mass is 10.2. The predicted octanol–water partition coefficient (Wildman–Crippen LogP) is 2.48. The molecule has 0 heterocycles. The molecule has 0 saturated carbocycles. The maximum atomic E-state index is 12.0. The molecule has 0 spiro atoms. The van der Waals surface area contributed by atoms with Crippen LogP contribution in [0, 0.1) is 11.8 Å². The van der Waals surface area contributed by atoms with Gasteiger partial charge in [-0.05, 0) is 24.3 Å². The van der Waals surface area contributed by atoms with Crippen molar-refractivity contribution in [2.75, 3.05) is 13.7 Å². The Morgan fingerprint density at radius 1 is 1.10 bits per heavy atom. The van der Waals surface area contributed by atoms with Crippen molar-refractivity contribution in [3.8, 4) is 17.6 Å². The summed E-state index contributed by atoms with van der Waals surface area (Å²) in [5, 5.41) is 2.75. The average molecular weight is 265 g/mol. The van der Waals surface area contributed by atoms with E-state index in [1.807, 2.05) is 36.4 Å². The predicted molar refractivity (Wildman–Crippen MR) is 78.6 cm³/mol. The lowest BCUT2D eigenvalue weighted by Crippen LogP contribution is -2.24. The molecule has 0 radical (unpaired) electrons. The van der Waals surface area contributed by atoms with Crippen LogP contribution < -0.4 is 10.1 Å². The van der Waals surface area contributed by atoms with Gasteiger partial charge in [0, 0.05) is 5.56 Å². The van der Waals surface area contributed by atoms with Gasteiger partial charge >= 0.3 is 0 Å². The lowest BCUT2D eigenvalue weighted by molar-refractivity contribution is 0.0955. The van der Waals surface area contributed by atoms with Crippen LogP contribution in [0.4, 0.5) is 0 Å². The van der Waals surface area contributed by atoms with E-state index in [-0.39, 0.29) is 5.91 Å². The zero-order chi connectivity index (χ0) is 14.2. The molecule has 2 aromatic carbocycles. The molecular formula is C17H15NO2. The van der Waals surface area contributed by atoms with Gasteiger partial charge in [0.15, 0.2) is 0 Å². The van der Waals surface area contributed by atoms with E-state index < -0.39 is 0 Å². The van der Waals surface area contributed by atoms with E-state index in [9.17, 15) is 4.79 Å². The van der Waals surface area contributed by atoms with Gasteiger partial charge in [-0.1, -0.05) is 42.2 Å². The van der Waals surface area contributed by atoms with Crippen LogP contribution in [0.25, 0.3) is 0 Å². The fourth-order valence-electron chi connectivity index (χ4n) is 1.72. The average Bonchev–Trinajstić information content (AvgIpc) is 2.52. The molecule has 100 valence electrons. The molecule has 0 saturated heterocycles. The van der Waals surface area contributed by atoms with Gasteiger partial charge in [-0.2, -0.15) is 0 Å². The summed E-state index contributed by atoms with van der Waals surface area (Å²) in [7, 11) is 1.54. The quantitative estimate of drug-likeness (QED) is 0.866. The molecule has 0 aliphatic rings. The Labute approximate surface area is 118 Å². The van der Waals surface area contributed by atoms with Crippen LogP contribution >= 0.6 is 0 Å². The third kappa shape index (κ3) is 3.63. The molecule has 1 amide bonds. The first-order chi connectivity index (χ1) is 9.81. The number of methoxy groups -OCH3 is 1. The Morgan fingerprint density at radius 2 is 1.80 bits per heavy atom. The molecule has 0 atom stereocenters. The number of carbonyl (C=O) groups is 1. The van der Waals surface area contributed by atoms with Crippen LogP contribution in [-0.2, 0) is 0 Å². The van der Waals surface area contributed by atoms with Gasteiger partial charge in [-0.3, -0.25) is 4.79 Å². The Balaban J connectivity index is 1.95. The smallest absolute Gasteiger partial charge is 0.255 e. The van der Waals surface area contributed by atoms with E-state index in [0.29, 0.717) is 17.9 Å². The number of nitrogens with one attached hydrogen (secondary N) is 1. The third-order valence-electron chi connectivity index (χ3n) is 2.70. The third-order valence-corrected chi connectivity index (χ3v) is 2.70. The summed E-state index contributed by atoms with van der Waals surface area (Å²) in [6, 6.07) is 16.7. The largest absolute Gasteiger partial charge is 0.496 e. The van der Waals surface area contributed by atoms with Gasteiger partial charge in [0.1, 0.15) is 5.75 Å². The number of ether oxygens (including phenoxy) is 1. The number of rotatable bonds is 3. The summed E-state index contributed by atoms with van der Waals surface area (Å²) in [4.78, 5) is 12.0. The van der Waals surface area contributed by atoms with E-state index in [1.165, 1.54) is 0 Å². The SMILES string of the molecule is COc1ccccc1C(=O)NCC#Cc1ccccc1. The number of benzene rings is 2. The molecule has 3 nitrogen and oxygen atoms in total. The monoisotopic (exact) mass is 265 g/mol. The standard InChI is InChI=1S/C17H15NO2/c1-20-16-12-6-5-11-15(16)17(19)18-13-7-10-14-8-3-2-4-9-14/h2-6,8-9,11-12H,13H2,1H3,(H,18,19). The molecule has 0 aliphatic carbocycles. The Bertz CT molecular complexity index is 639. The second-order valence-corrected chi connectivity index (χ2v) is 4.05. The first-order valence-electron chi connectivity index (χ1n) is 6.26. The summed E-state index contributed by atoms with van der Waals surface area (Å²) < 4.78 is 5.15. The van der Waals surface area contributed by atoms with Crippen LogP contribution in [0.2, 0.25) is 0 Å². The van der Waals surface area contributed by atoms with Crippen molar-refractivity contribution in [2.45, 2.75) is 0 Å². The van der Waals surface area contributed by atoms with Crippen LogP contribution in [0.15, 0.2) is 54.6 Å².